The fourth-order valence-electron chi connectivity index (χ4n) is 3.45. The minimum atomic E-state index is -1.79. The molecule has 1 aliphatic rings. The highest BCUT2D eigenvalue weighted by molar-refractivity contribution is 6.14. The second-order valence-corrected chi connectivity index (χ2v) is 6.45. The molecule has 140 valence electrons. The molecule has 0 saturated carbocycles. The quantitative estimate of drug-likeness (QED) is 0.549. The molecule has 1 aliphatic carbocycles. The highest BCUT2D eigenvalue weighted by Crippen LogP contribution is 2.44. The lowest BCUT2D eigenvalue weighted by Gasteiger charge is -2.16. The van der Waals surface area contributed by atoms with Crippen LogP contribution in [-0.2, 0) is 19.1 Å². The van der Waals surface area contributed by atoms with Crippen molar-refractivity contribution in [1.29, 1.82) is 0 Å². The molecule has 0 saturated heterocycles. The summed E-state index contributed by atoms with van der Waals surface area (Å²) in [7, 11) is 1.65. The van der Waals surface area contributed by atoms with E-state index in [2.05, 4.69) is 5.32 Å². The van der Waals surface area contributed by atoms with E-state index in [0.717, 1.165) is 22.3 Å². The van der Waals surface area contributed by atoms with E-state index in [1.54, 1.807) is 7.05 Å². The summed E-state index contributed by atoms with van der Waals surface area (Å²) in [5.74, 6) is -5.11. The van der Waals surface area contributed by atoms with Crippen molar-refractivity contribution in [1.82, 2.24) is 5.32 Å². The summed E-state index contributed by atoms with van der Waals surface area (Å²) in [5.41, 5.74) is 4.21. The van der Waals surface area contributed by atoms with Crippen molar-refractivity contribution in [2.75, 3.05) is 20.2 Å². The van der Waals surface area contributed by atoms with Crippen molar-refractivity contribution in [3.05, 3.63) is 59.7 Å². The summed E-state index contributed by atoms with van der Waals surface area (Å²) in [5, 5.41) is 12.0. The number of aliphatic carboxylic acids is 1. The third kappa shape index (κ3) is 3.75. The molecule has 1 unspecified atom stereocenters. The van der Waals surface area contributed by atoms with Crippen LogP contribution in [0.2, 0.25) is 0 Å². The Morgan fingerprint density at radius 3 is 2.11 bits per heavy atom. The normalized spacial score (nSPS) is 13.5. The van der Waals surface area contributed by atoms with Crippen LogP contribution in [0, 0.1) is 5.92 Å². The monoisotopic (exact) mass is 367 g/mol. The first-order valence-corrected chi connectivity index (χ1v) is 8.79. The van der Waals surface area contributed by atoms with Crippen LogP contribution in [0.3, 0.4) is 0 Å². The van der Waals surface area contributed by atoms with E-state index in [4.69, 9.17) is 4.74 Å². The number of fused-ring (bicyclic) bond motifs is 3. The molecule has 0 bridgehead atoms. The highest BCUT2D eigenvalue weighted by Gasteiger charge is 2.36. The Balaban J connectivity index is 1.77. The number of rotatable bonds is 8. The van der Waals surface area contributed by atoms with Crippen LogP contribution in [0.1, 0.15) is 23.5 Å². The highest BCUT2D eigenvalue weighted by atomic mass is 16.5. The summed E-state index contributed by atoms with van der Waals surface area (Å²) in [6.45, 7) is 0.301. The zero-order chi connectivity index (χ0) is 19.4. The summed E-state index contributed by atoms with van der Waals surface area (Å²) >= 11 is 0. The number of ether oxygens (including phenoxy) is 1. The van der Waals surface area contributed by atoms with Crippen molar-refractivity contribution < 1.29 is 24.2 Å². The predicted octanol–water partition coefficient (Wildman–Crippen LogP) is 2.22. The SMILES string of the molecule is CNCCC(=O)C(C(=O)O)C(=O)OCC1c2ccccc2-c2ccccc21. The van der Waals surface area contributed by atoms with Crippen LogP contribution in [0.5, 0.6) is 0 Å². The van der Waals surface area contributed by atoms with E-state index in [9.17, 15) is 19.5 Å². The molecule has 2 aromatic carbocycles. The van der Waals surface area contributed by atoms with Gasteiger partial charge in [0.15, 0.2) is 5.78 Å². The minimum absolute atomic E-state index is 0.00402. The van der Waals surface area contributed by atoms with Crippen LogP contribution < -0.4 is 5.32 Å². The van der Waals surface area contributed by atoms with Crippen molar-refractivity contribution in [3.63, 3.8) is 0 Å². The molecule has 0 radical (unpaired) electrons. The lowest BCUT2D eigenvalue weighted by atomic mass is 9.97. The lowest BCUT2D eigenvalue weighted by molar-refractivity contribution is -0.161. The van der Waals surface area contributed by atoms with Gasteiger partial charge in [0.2, 0.25) is 5.92 Å². The second kappa shape index (κ2) is 8.14. The van der Waals surface area contributed by atoms with Gasteiger partial charge in [0.1, 0.15) is 6.61 Å². The number of ketones is 1. The van der Waals surface area contributed by atoms with E-state index in [1.807, 2.05) is 48.5 Å². The standard InChI is InChI=1S/C21H21NO5/c1-22-11-10-18(23)19(20(24)25)21(26)27-12-17-15-8-4-2-6-13(15)14-7-3-5-9-16(14)17/h2-9,17,19,22H,10-12H2,1H3,(H,24,25). The molecule has 0 aliphatic heterocycles. The maximum Gasteiger partial charge on any atom is 0.328 e. The third-order valence-corrected chi connectivity index (χ3v) is 4.78. The largest absolute Gasteiger partial charge is 0.480 e. The molecule has 0 fully saturated rings. The summed E-state index contributed by atoms with van der Waals surface area (Å²) < 4.78 is 5.30. The summed E-state index contributed by atoms with van der Waals surface area (Å²) in [6.07, 6.45) is -0.0440. The van der Waals surface area contributed by atoms with Crippen molar-refractivity contribution >= 4 is 17.7 Å². The number of carbonyl (C=O) groups excluding carboxylic acids is 2. The van der Waals surface area contributed by atoms with Gasteiger partial charge >= 0.3 is 11.9 Å². The van der Waals surface area contributed by atoms with Gasteiger partial charge in [0.05, 0.1) is 0 Å². The Bertz CT molecular complexity index is 831. The molecule has 0 amide bonds. The zero-order valence-electron chi connectivity index (χ0n) is 15.0. The molecule has 2 N–H and O–H groups in total. The number of nitrogens with one attached hydrogen (secondary N) is 1. The van der Waals surface area contributed by atoms with Crippen molar-refractivity contribution in [3.8, 4) is 11.1 Å². The Kier molecular flexibility index (Phi) is 5.66. The van der Waals surface area contributed by atoms with Crippen LogP contribution in [0.4, 0.5) is 0 Å². The minimum Gasteiger partial charge on any atom is -0.480 e. The predicted molar refractivity (Wildman–Crippen MR) is 99.4 cm³/mol. The molecule has 1 atom stereocenters. The van der Waals surface area contributed by atoms with Gasteiger partial charge in [0, 0.05) is 18.9 Å². The van der Waals surface area contributed by atoms with Gasteiger partial charge < -0.3 is 15.2 Å². The fraction of sp³-hybridized carbons (Fsp3) is 0.286. The molecular weight excluding hydrogens is 346 g/mol. The fourth-order valence-corrected chi connectivity index (χ4v) is 3.45. The first-order valence-electron chi connectivity index (χ1n) is 8.79. The van der Waals surface area contributed by atoms with Gasteiger partial charge in [-0.2, -0.15) is 0 Å². The molecule has 2 aromatic rings. The number of carboxylic acids is 1. The number of hydrogen-bond acceptors (Lipinski definition) is 5. The van der Waals surface area contributed by atoms with E-state index < -0.39 is 23.6 Å². The number of carbonyl (C=O) groups is 3. The van der Waals surface area contributed by atoms with E-state index in [1.165, 1.54) is 0 Å². The molecular formula is C21H21NO5. The number of hydrogen-bond donors (Lipinski definition) is 2. The Morgan fingerprint density at radius 1 is 1.04 bits per heavy atom. The van der Waals surface area contributed by atoms with Crippen LogP contribution in [-0.4, -0.2) is 43.0 Å². The third-order valence-electron chi connectivity index (χ3n) is 4.78. The van der Waals surface area contributed by atoms with E-state index in [0.29, 0.717) is 6.54 Å². The van der Waals surface area contributed by atoms with E-state index >= 15 is 0 Å². The molecule has 27 heavy (non-hydrogen) atoms. The zero-order valence-corrected chi connectivity index (χ0v) is 15.0. The average molecular weight is 367 g/mol. The Morgan fingerprint density at radius 2 is 1.59 bits per heavy atom. The van der Waals surface area contributed by atoms with Crippen LogP contribution >= 0.6 is 0 Å². The lowest BCUT2D eigenvalue weighted by Crippen LogP contribution is -2.35. The first-order chi connectivity index (χ1) is 13.0. The summed E-state index contributed by atoms with van der Waals surface area (Å²) in [4.78, 5) is 35.8. The summed E-state index contributed by atoms with van der Waals surface area (Å²) in [6, 6.07) is 15.7. The Labute approximate surface area is 157 Å². The number of carboxylic acid groups (broad SMARTS) is 1. The number of benzene rings is 2. The van der Waals surface area contributed by atoms with Crippen LogP contribution in [0.25, 0.3) is 11.1 Å². The van der Waals surface area contributed by atoms with Gasteiger partial charge in [-0.05, 0) is 29.3 Å². The molecule has 6 nitrogen and oxygen atoms in total. The molecule has 0 aromatic heterocycles. The smallest absolute Gasteiger partial charge is 0.328 e. The second-order valence-electron chi connectivity index (χ2n) is 6.45. The van der Waals surface area contributed by atoms with Crippen molar-refractivity contribution in [2.45, 2.75) is 12.3 Å². The van der Waals surface area contributed by atoms with Crippen LogP contribution in [0.15, 0.2) is 48.5 Å². The molecule has 0 spiro atoms. The van der Waals surface area contributed by atoms with Gasteiger partial charge in [-0.3, -0.25) is 14.4 Å². The van der Waals surface area contributed by atoms with Gasteiger partial charge in [-0.25, -0.2) is 0 Å². The van der Waals surface area contributed by atoms with Gasteiger partial charge in [0.25, 0.3) is 0 Å². The number of Topliss-reactive ketones (excluding diaryl/α,β-unsaturated/α-hetero) is 1. The average Bonchev–Trinajstić information content (AvgIpc) is 2.98. The van der Waals surface area contributed by atoms with Gasteiger partial charge in [-0.15, -0.1) is 0 Å². The maximum absolute atomic E-state index is 12.3. The maximum atomic E-state index is 12.3. The molecule has 3 rings (SSSR count). The van der Waals surface area contributed by atoms with Crippen molar-refractivity contribution in [2.24, 2.45) is 5.92 Å². The first kappa shape index (κ1) is 18.8. The Hall–Kier alpha value is -2.99. The van der Waals surface area contributed by atoms with Gasteiger partial charge in [-0.1, -0.05) is 48.5 Å². The molecule has 6 heteroatoms. The topological polar surface area (TPSA) is 92.7 Å². The molecule has 0 heterocycles. The van der Waals surface area contributed by atoms with E-state index in [-0.39, 0.29) is 18.9 Å². The number of esters is 1.